The van der Waals surface area contributed by atoms with Gasteiger partial charge in [-0.15, -0.1) is 10.2 Å². The third-order valence-corrected chi connectivity index (χ3v) is 6.11. The van der Waals surface area contributed by atoms with Gasteiger partial charge in [-0.3, -0.25) is 10.1 Å². The Morgan fingerprint density at radius 2 is 1.86 bits per heavy atom. The van der Waals surface area contributed by atoms with Gasteiger partial charge in [0.05, 0.1) is 6.20 Å². The van der Waals surface area contributed by atoms with Crippen LogP contribution in [0, 0.1) is 6.92 Å². The number of alkyl halides is 3. The van der Waals surface area contributed by atoms with Gasteiger partial charge in [-0.1, -0.05) is 17.4 Å². The zero-order valence-electron chi connectivity index (χ0n) is 20.3. The fourth-order valence-corrected chi connectivity index (χ4v) is 3.76. The van der Waals surface area contributed by atoms with E-state index in [2.05, 4.69) is 45.7 Å². The third-order valence-electron chi connectivity index (χ3n) is 5.23. The van der Waals surface area contributed by atoms with Crippen LogP contribution in [0.3, 0.4) is 0 Å². The number of benzene rings is 1. The first-order valence-electron chi connectivity index (χ1n) is 10.9. The molecule has 3 heterocycles. The molecule has 0 unspecified atom stereocenters. The summed E-state index contributed by atoms with van der Waals surface area (Å²) in [5, 5.41) is 10.6. The van der Waals surface area contributed by atoms with Crippen LogP contribution in [0.15, 0.2) is 30.7 Å². The lowest BCUT2D eigenvalue weighted by Gasteiger charge is -2.20. The summed E-state index contributed by atoms with van der Waals surface area (Å²) in [4.78, 5) is 34.3. The zero-order chi connectivity index (χ0) is 26.7. The Labute approximate surface area is 213 Å². The number of anilines is 4. The summed E-state index contributed by atoms with van der Waals surface area (Å²) in [6.07, 6.45) is -1.64. The average molecular weight is 533 g/mol. The number of hydrogen-bond acceptors (Lipinski definition) is 11. The maximum atomic E-state index is 12.8. The van der Waals surface area contributed by atoms with Crippen LogP contribution in [-0.4, -0.2) is 75.2 Å². The number of nitrogens with one attached hydrogen (secondary N) is 2. The molecule has 0 atom stereocenters. The Bertz CT molecular complexity index is 1430. The fourth-order valence-electron chi connectivity index (χ4n) is 3.15. The molecule has 0 aliphatic heterocycles. The van der Waals surface area contributed by atoms with E-state index >= 15 is 0 Å². The minimum atomic E-state index is -4.63. The number of rotatable bonds is 8. The number of aryl methyl sites for hydroxylation is 1. The van der Waals surface area contributed by atoms with Crippen molar-refractivity contribution in [3.8, 4) is 0 Å². The molecule has 0 aliphatic carbocycles. The summed E-state index contributed by atoms with van der Waals surface area (Å²) in [6, 6.07) is 4.83. The van der Waals surface area contributed by atoms with Crippen molar-refractivity contribution in [3.63, 3.8) is 0 Å². The monoisotopic (exact) mass is 532 g/mol. The molecule has 0 aliphatic rings. The lowest BCUT2D eigenvalue weighted by atomic mass is 10.1. The van der Waals surface area contributed by atoms with E-state index in [9.17, 15) is 18.0 Å². The van der Waals surface area contributed by atoms with Crippen LogP contribution in [0.5, 0.6) is 0 Å². The Morgan fingerprint density at radius 3 is 2.57 bits per heavy atom. The number of nitrogens with zero attached hydrogens (tertiary/aromatic N) is 8. The van der Waals surface area contributed by atoms with Crippen LogP contribution in [0.2, 0.25) is 0 Å². The molecule has 1 amide bonds. The van der Waals surface area contributed by atoms with E-state index in [1.54, 1.807) is 24.4 Å². The molecule has 0 radical (unpaired) electrons. The lowest BCUT2D eigenvalue weighted by molar-refractivity contribution is -0.138. The van der Waals surface area contributed by atoms with Gasteiger partial charge in [-0.05, 0) is 38.7 Å². The van der Waals surface area contributed by atoms with Crippen molar-refractivity contribution in [1.82, 2.24) is 35.0 Å². The van der Waals surface area contributed by atoms with Gasteiger partial charge in [0.25, 0.3) is 5.91 Å². The quantitative estimate of drug-likeness (QED) is 0.348. The Kier molecular flexibility index (Phi) is 7.45. The molecule has 4 aromatic rings. The second-order valence-electron chi connectivity index (χ2n) is 8.37. The lowest BCUT2D eigenvalue weighted by Crippen LogP contribution is -2.29. The minimum absolute atomic E-state index is 0.203. The van der Waals surface area contributed by atoms with E-state index < -0.39 is 17.1 Å². The van der Waals surface area contributed by atoms with E-state index in [1.165, 1.54) is 6.33 Å². The smallest absolute Gasteiger partial charge is 0.343 e. The number of carbonyl (C=O) groups excluding carboxylic acids is 1. The van der Waals surface area contributed by atoms with E-state index in [0.717, 1.165) is 12.1 Å². The molecule has 194 valence electrons. The Hall–Kier alpha value is -3.98. The van der Waals surface area contributed by atoms with E-state index in [-0.39, 0.29) is 22.0 Å². The molecule has 15 heteroatoms. The highest BCUT2D eigenvalue weighted by atomic mass is 32.1. The average Bonchev–Trinajstić information content (AvgIpc) is 3.33. The molecule has 37 heavy (non-hydrogen) atoms. The fraction of sp³-hybridized carbons (Fsp3) is 0.318. The molecule has 0 fully saturated rings. The second-order valence-corrected chi connectivity index (χ2v) is 9.35. The first kappa shape index (κ1) is 26.1. The van der Waals surface area contributed by atoms with Gasteiger partial charge in [0, 0.05) is 31.4 Å². The molecule has 4 rings (SSSR count). The van der Waals surface area contributed by atoms with E-state index in [4.69, 9.17) is 0 Å². The largest absolute Gasteiger partial charge is 0.445 e. The molecule has 1 aromatic carbocycles. The zero-order valence-corrected chi connectivity index (χ0v) is 21.1. The van der Waals surface area contributed by atoms with Crippen molar-refractivity contribution in [3.05, 3.63) is 46.9 Å². The van der Waals surface area contributed by atoms with Crippen LogP contribution in [0.4, 0.5) is 35.8 Å². The van der Waals surface area contributed by atoms with Gasteiger partial charge in [0.1, 0.15) is 17.4 Å². The van der Waals surface area contributed by atoms with Gasteiger partial charge < -0.3 is 15.1 Å². The molecule has 0 saturated heterocycles. The summed E-state index contributed by atoms with van der Waals surface area (Å²) in [5.41, 5.74) is 2.59. The van der Waals surface area contributed by atoms with Crippen LogP contribution in [-0.2, 0) is 6.18 Å². The van der Waals surface area contributed by atoms with Crippen molar-refractivity contribution in [1.29, 1.82) is 0 Å². The summed E-state index contributed by atoms with van der Waals surface area (Å²) >= 11 is 0.250. The van der Waals surface area contributed by atoms with Crippen molar-refractivity contribution in [2.45, 2.75) is 13.1 Å². The standard InChI is InChI=1S/C22H23F3N10OS/c1-12-5-6-13(18(36)31-21-33-32-19(37-21)22(23,24)25)9-14(12)29-17-16-15(27-11-28-17)10-26-20(30-16)35(4)8-7-34(2)3/h5-6,9-11H,7-8H2,1-4H3,(H,27,28,29)(H,31,33,36). The number of halogens is 3. The molecule has 0 spiro atoms. The van der Waals surface area contributed by atoms with E-state index in [0.29, 0.717) is 35.0 Å². The minimum Gasteiger partial charge on any atom is -0.343 e. The predicted octanol–water partition coefficient (Wildman–Crippen LogP) is 3.59. The molecular formula is C22H23F3N10OS. The predicted molar refractivity (Wildman–Crippen MR) is 134 cm³/mol. The second kappa shape index (κ2) is 10.6. The maximum absolute atomic E-state index is 12.8. The summed E-state index contributed by atoms with van der Waals surface area (Å²) in [5.74, 6) is 0.286. The number of hydrogen-bond donors (Lipinski definition) is 2. The van der Waals surface area contributed by atoms with E-state index in [1.807, 2.05) is 33.0 Å². The summed E-state index contributed by atoms with van der Waals surface area (Å²) in [6.45, 7) is 3.37. The van der Waals surface area contributed by atoms with Crippen molar-refractivity contribution in [2.24, 2.45) is 0 Å². The molecule has 11 nitrogen and oxygen atoms in total. The summed E-state index contributed by atoms with van der Waals surface area (Å²) < 4.78 is 38.3. The molecule has 3 aromatic heterocycles. The van der Waals surface area contributed by atoms with Crippen LogP contribution in [0.1, 0.15) is 20.9 Å². The molecule has 2 N–H and O–H groups in total. The number of amides is 1. The van der Waals surface area contributed by atoms with Crippen LogP contribution < -0.4 is 15.5 Å². The molecular weight excluding hydrogens is 509 g/mol. The number of aromatic nitrogens is 6. The molecule has 0 bridgehead atoms. The van der Waals surface area contributed by atoms with Gasteiger partial charge in [-0.2, -0.15) is 13.2 Å². The van der Waals surface area contributed by atoms with Crippen molar-refractivity contribution < 1.29 is 18.0 Å². The van der Waals surface area contributed by atoms with Crippen LogP contribution >= 0.6 is 11.3 Å². The Balaban J connectivity index is 1.58. The number of fused-ring (bicyclic) bond motifs is 1. The first-order valence-corrected chi connectivity index (χ1v) is 11.8. The van der Waals surface area contributed by atoms with Crippen molar-refractivity contribution in [2.75, 3.05) is 49.8 Å². The van der Waals surface area contributed by atoms with Gasteiger partial charge in [0.15, 0.2) is 5.82 Å². The maximum Gasteiger partial charge on any atom is 0.445 e. The highest BCUT2D eigenvalue weighted by Gasteiger charge is 2.35. The number of likely N-dealkylation sites (N-methyl/N-ethyl adjacent to an activating group) is 2. The van der Waals surface area contributed by atoms with Gasteiger partial charge in [-0.25, -0.2) is 19.9 Å². The topological polar surface area (TPSA) is 125 Å². The normalized spacial score (nSPS) is 11.7. The van der Waals surface area contributed by atoms with Crippen molar-refractivity contribution >= 4 is 50.9 Å². The molecule has 0 saturated carbocycles. The van der Waals surface area contributed by atoms with Gasteiger partial charge >= 0.3 is 6.18 Å². The highest BCUT2D eigenvalue weighted by molar-refractivity contribution is 7.15. The Morgan fingerprint density at radius 1 is 1.08 bits per heavy atom. The highest BCUT2D eigenvalue weighted by Crippen LogP contribution is 2.33. The first-order chi connectivity index (χ1) is 17.5. The van der Waals surface area contributed by atoms with Gasteiger partial charge in [0.2, 0.25) is 16.1 Å². The summed E-state index contributed by atoms with van der Waals surface area (Å²) in [7, 11) is 5.86. The SMILES string of the molecule is Cc1ccc(C(=O)Nc2nnc(C(F)(F)F)s2)cc1Nc1ncnc2cnc(N(C)CCN(C)C)nc12. The third kappa shape index (κ3) is 6.24. The number of carbonyl (C=O) groups is 1. The van der Waals surface area contributed by atoms with Crippen LogP contribution in [0.25, 0.3) is 11.0 Å².